The Morgan fingerprint density at radius 2 is 2.31 bits per heavy atom. The van der Waals surface area contributed by atoms with E-state index in [2.05, 4.69) is 15.9 Å². The Morgan fingerprint density at radius 1 is 1.62 bits per heavy atom. The van der Waals surface area contributed by atoms with Gasteiger partial charge in [-0.3, -0.25) is 4.79 Å². The van der Waals surface area contributed by atoms with Crippen LogP contribution in [0.4, 0.5) is 0 Å². The summed E-state index contributed by atoms with van der Waals surface area (Å²) >= 11 is 3.32. The number of halogens is 1. The molecule has 1 atom stereocenters. The van der Waals surface area contributed by atoms with E-state index < -0.39 is 0 Å². The molecule has 1 aromatic rings. The Morgan fingerprint density at radius 3 is 2.92 bits per heavy atom. The van der Waals surface area contributed by atoms with E-state index in [-0.39, 0.29) is 5.56 Å². The van der Waals surface area contributed by atoms with Gasteiger partial charge in [0.15, 0.2) is 0 Å². The predicted octanol–water partition coefficient (Wildman–Crippen LogP) is 1.21. The number of nitrogens with zero attached hydrogens (tertiary/aromatic N) is 1. The molecule has 0 aliphatic carbocycles. The molecule has 0 aliphatic rings. The van der Waals surface area contributed by atoms with Gasteiger partial charge < -0.3 is 10.3 Å². The average molecular weight is 245 g/mol. The smallest absolute Gasteiger partial charge is 0.250 e. The third-order valence-corrected chi connectivity index (χ3v) is 2.33. The van der Waals surface area contributed by atoms with Crippen LogP contribution in [0.1, 0.15) is 6.92 Å². The molecule has 1 aromatic heterocycles. The molecule has 1 unspecified atom stereocenters. The molecule has 72 valence electrons. The molecule has 0 bridgehead atoms. The second-order valence-electron chi connectivity index (χ2n) is 3.18. The first-order valence-electron chi connectivity index (χ1n) is 4.19. The highest BCUT2D eigenvalue weighted by molar-refractivity contribution is 9.10. The zero-order chi connectivity index (χ0) is 9.84. The summed E-state index contributed by atoms with van der Waals surface area (Å²) in [5, 5.41) is 0. The molecule has 0 saturated carbocycles. The quantitative estimate of drug-likeness (QED) is 0.869. The minimum absolute atomic E-state index is 0.0171. The molecule has 0 aromatic carbocycles. The Hall–Kier alpha value is -0.610. The van der Waals surface area contributed by atoms with E-state index in [0.29, 0.717) is 19.0 Å². The molecule has 0 amide bonds. The zero-order valence-corrected chi connectivity index (χ0v) is 9.12. The highest BCUT2D eigenvalue weighted by Crippen LogP contribution is 2.06. The van der Waals surface area contributed by atoms with Gasteiger partial charge in [-0.15, -0.1) is 0 Å². The van der Waals surface area contributed by atoms with Gasteiger partial charge in [0, 0.05) is 23.3 Å². The summed E-state index contributed by atoms with van der Waals surface area (Å²) in [5.74, 6) is 0.326. The van der Waals surface area contributed by atoms with Crippen LogP contribution in [0, 0.1) is 5.92 Å². The van der Waals surface area contributed by atoms with Crippen LogP contribution in [0.5, 0.6) is 0 Å². The van der Waals surface area contributed by atoms with Crippen LogP contribution in [0.3, 0.4) is 0 Å². The van der Waals surface area contributed by atoms with Crippen molar-refractivity contribution in [3.8, 4) is 0 Å². The van der Waals surface area contributed by atoms with Crippen molar-refractivity contribution < 1.29 is 0 Å². The minimum Gasteiger partial charge on any atom is -0.330 e. The molecule has 4 heteroatoms. The van der Waals surface area contributed by atoms with E-state index in [1.54, 1.807) is 22.9 Å². The Balaban J connectivity index is 2.87. The van der Waals surface area contributed by atoms with Gasteiger partial charge in [0.25, 0.3) is 5.56 Å². The number of rotatable bonds is 3. The van der Waals surface area contributed by atoms with Crippen LogP contribution < -0.4 is 11.3 Å². The third-order valence-electron chi connectivity index (χ3n) is 1.86. The number of nitrogens with two attached hydrogens (primary N) is 1. The molecule has 0 aliphatic heterocycles. The largest absolute Gasteiger partial charge is 0.330 e. The Labute approximate surface area is 85.7 Å². The fourth-order valence-corrected chi connectivity index (χ4v) is 1.43. The summed E-state index contributed by atoms with van der Waals surface area (Å²) in [6, 6.07) is 3.29. The average Bonchev–Trinajstić information content (AvgIpc) is 2.11. The van der Waals surface area contributed by atoms with Crippen molar-refractivity contribution in [2.24, 2.45) is 11.7 Å². The van der Waals surface area contributed by atoms with Crippen LogP contribution in [0.15, 0.2) is 27.6 Å². The lowest BCUT2D eigenvalue weighted by molar-refractivity contribution is 0.481. The maximum atomic E-state index is 11.3. The van der Waals surface area contributed by atoms with E-state index in [1.807, 2.05) is 6.92 Å². The highest BCUT2D eigenvalue weighted by atomic mass is 79.9. The van der Waals surface area contributed by atoms with E-state index in [9.17, 15) is 4.79 Å². The van der Waals surface area contributed by atoms with Crippen molar-refractivity contribution >= 4 is 15.9 Å². The maximum absolute atomic E-state index is 11.3. The second-order valence-corrected chi connectivity index (χ2v) is 4.09. The van der Waals surface area contributed by atoms with E-state index in [0.717, 1.165) is 4.47 Å². The van der Waals surface area contributed by atoms with Crippen molar-refractivity contribution in [3.05, 3.63) is 33.2 Å². The van der Waals surface area contributed by atoms with Crippen molar-refractivity contribution in [2.75, 3.05) is 6.54 Å². The summed E-state index contributed by atoms with van der Waals surface area (Å²) in [5.41, 5.74) is 5.50. The van der Waals surface area contributed by atoms with Crippen molar-refractivity contribution in [1.29, 1.82) is 0 Å². The van der Waals surface area contributed by atoms with Gasteiger partial charge in [0.1, 0.15) is 0 Å². The molecule has 13 heavy (non-hydrogen) atoms. The maximum Gasteiger partial charge on any atom is 0.250 e. The van der Waals surface area contributed by atoms with Gasteiger partial charge >= 0.3 is 0 Å². The number of hydrogen-bond acceptors (Lipinski definition) is 2. The normalized spacial score (nSPS) is 12.8. The first-order chi connectivity index (χ1) is 6.13. The summed E-state index contributed by atoms with van der Waals surface area (Å²) in [6.45, 7) is 3.29. The number of pyridine rings is 1. The molecule has 0 spiro atoms. The monoisotopic (exact) mass is 244 g/mol. The van der Waals surface area contributed by atoms with E-state index in [4.69, 9.17) is 5.73 Å². The van der Waals surface area contributed by atoms with Crippen molar-refractivity contribution in [1.82, 2.24) is 4.57 Å². The van der Waals surface area contributed by atoms with E-state index in [1.165, 1.54) is 0 Å². The van der Waals surface area contributed by atoms with Crippen LogP contribution >= 0.6 is 15.9 Å². The van der Waals surface area contributed by atoms with Gasteiger partial charge in [-0.25, -0.2) is 0 Å². The van der Waals surface area contributed by atoms with Gasteiger partial charge in [-0.05, 0) is 34.5 Å². The molecule has 3 nitrogen and oxygen atoms in total. The van der Waals surface area contributed by atoms with Gasteiger partial charge in [-0.1, -0.05) is 6.92 Å². The fraction of sp³-hybridized carbons (Fsp3) is 0.444. The zero-order valence-electron chi connectivity index (χ0n) is 7.53. The first kappa shape index (κ1) is 10.5. The molecular formula is C9H13BrN2O. The topological polar surface area (TPSA) is 48.0 Å². The molecule has 1 rings (SSSR count). The Kier molecular flexibility index (Phi) is 3.69. The third kappa shape index (κ3) is 2.97. The van der Waals surface area contributed by atoms with Gasteiger partial charge in [0.05, 0.1) is 0 Å². The molecule has 0 saturated heterocycles. The summed E-state index contributed by atoms with van der Waals surface area (Å²) in [7, 11) is 0. The highest BCUT2D eigenvalue weighted by Gasteiger charge is 2.02. The van der Waals surface area contributed by atoms with Crippen LogP contribution in [-0.2, 0) is 6.54 Å². The molecule has 2 N–H and O–H groups in total. The van der Waals surface area contributed by atoms with Crippen molar-refractivity contribution in [3.63, 3.8) is 0 Å². The van der Waals surface area contributed by atoms with E-state index >= 15 is 0 Å². The summed E-state index contributed by atoms with van der Waals surface area (Å²) in [4.78, 5) is 11.3. The number of aromatic nitrogens is 1. The van der Waals surface area contributed by atoms with Crippen molar-refractivity contribution in [2.45, 2.75) is 13.5 Å². The van der Waals surface area contributed by atoms with Gasteiger partial charge in [0.2, 0.25) is 0 Å². The summed E-state index contributed by atoms with van der Waals surface area (Å²) < 4.78 is 2.58. The molecular weight excluding hydrogens is 232 g/mol. The lowest BCUT2D eigenvalue weighted by Crippen LogP contribution is -2.25. The Bertz CT molecular complexity index is 335. The SMILES string of the molecule is CC(CN)Cn1cc(Br)ccc1=O. The molecule has 0 radical (unpaired) electrons. The van der Waals surface area contributed by atoms with Crippen LogP contribution in [0.2, 0.25) is 0 Å². The van der Waals surface area contributed by atoms with Gasteiger partial charge in [-0.2, -0.15) is 0 Å². The van der Waals surface area contributed by atoms with Crippen LogP contribution in [0.25, 0.3) is 0 Å². The fourth-order valence-electron chi connectivity index (χ4n) is 1.06. The first-order valence-corrected chi connectivity index (χ1v) is 4.99. The predicted molar refractivity (Wildman–Crippen MR) is 56.6 cm³/mol. The lowest BCUT2D eigenvalue weighted by atomic mass is 10.2. The van der Waals surface area contributed by atoms with Crippen LogP contribution in [-0.4, -0.2) is 11.1 Å². The molecule has 1 heterocycles. The second kappa shape index (κ2) is 4.58. The standard InChI is InChI=1S/C9H13BrN2O/c1-7(4-11)5-12-6-8(10)2-3-9(12)13/h2-3,6-7H,4-5,11H2,1H3. The minimum atomic E-state index is 0.0171. The summed E-state index contributed by atoms with van der Waals surface area (Å²) in [6.07, 6.45) is 1.79. The molecule has 0 fully saturated rings. The lowest BCUT2D eigenvalue weighted by Gasteiger charge is -2.10. The number of hydrogen-bond donors (Lipinski definition) is 1.